The number of hydrogen-bond donors (Lipinski definition) is 1. The molecule has 0 radical (unpaired) electrons. The van der Waals surface area contributed by atoms with E-state index >= 15 is 0 Å². The zero-order valence-electron chi connectivity index (χ0n) is 7.84. The summed E-state index contributed by atoms with van der Waals surface area (Å²) in [6.45, 7) is -0.143. The van der Waals surface area contributed by atoms with Gasteiger partial charge in [-0.05, 0) is 0 Å². The third-order valence-corrected chi connectivity index (χ3v) is 1.56. The van der Waals surface area contributed by atoms with Gasteiger partial charge in [-0.15, -0.1) is 13.2 Å². The van der Waals surface area contributed by atoms with Gasteiger partial charge in [-0.3, -0.25) is 4.98 Å². The molecule has 0 saturated heterocycles. The highest BCUT2D eigenvalue weighted by molar-refractivity contribution is 5.35. The highest BCUT2D eigenvalue weighted by Crippen LogP contribution is 2.28. The van der Waals surface area contributed by atoms with Gasteiger partial charge in [0.15, 0.2) is 5.75 Å². The van der Waals surface area contributed by atoms with Crippen molar-refractivity contribution in [2.45, 2.75) is 12.9 Å². The highest BCUT2D eigenvalue weighted by atomic mass is 19.4. The molecule has 0 atom stereocenters. The van der Waals surface area contributed by atoms with Gasteiger partial charge in [-0.2, -0.15) is 0 Å². The van der Waals surface area contributed by atoms with Gasteiger partial charge in [0.05, 0.1) is 19.0 Å². The average molecular weight is 222 g/mol. The number of nitrogens with zero attached hydrogens (tertiary/aromatic N) is 1. The lowest BCUT2D eigenvalue weighted by atomic mass is 10.3. The van der Waals surface area contributed by atoms with E-state index in [0.29, 0.717) is 0 Å². The van der Waals surface area contributed by atoms with Crippen LogP contribution in [0, 0.1) is 0 Å². The van der Waals surface area contributed by atoms with Crippen LogP contribution in [0.15, 0.2) is 12.3 Å². The third kappa shape index (κ3) is 3.28. The van der Waals surface area contributed by atoms with Crippen molar-refractivity contribution in [2.24, 2.45) is 5.73 Å². The molecule has 15 heavy (non-hydrogen) atoms. The molecule has 7 heteroatoms. The summed E-state index contributed by atoms with van der Waals surface area (Å²) < 4.78 is 44.3. The Hall–Kier alpha value is -1.50. The van der Waals surface area contributed by atoms with Crippen LogP contribution in [0.3, 0.4) is 0 Å². The molecule has 1 aromatic rings. The molecule has 2 N–H and O–H groups in total. The molecule has 0 aromatic carbocycles. The molecular weight excluding hydrogens is 213 g/mol. The summed E-state index contributed by atoms with van der Waals surface area (Å²) in [7, 11) is 1.32. The Balaban J connectivity index is 3.01. The van der Waals surface area contributed by atoms with Crippen molar-refractivity contribution < 1.29 is 22.6 Å². The fraction of sp³-hybridized carbons (Fsp3) is 0.375. The van der Waals surface area contributed by atoms with Crippen LogP contribution in [-0.4, -0.2) is 18.5 Å². The molecule has 4 nitrogen and oxygen atoms in total. The minimum Gasteiger partial charge on any atom is -0.495 e. The molecular formula is C8H9F3N2O2. The number of nitrogens with two attached hydrogens (primary N) is 1. The first-order valence-corrected chi connectivity index (χ1v) is 3.95. The molecule has 0 bridgehead atoms. The molecule has 0 aliphatic heterocycles. The summed E-state index contributed by atoms with van der Waals surface area (Å²) in [5.41, 5.74) is 5.23. The van der Waals surface area contributed by atoms with E-state index in [0.717, 1.165) is 6.07 Å². The number of aromatic nitrogens is 1. The summed E-state index contributed by atoms with van der Waals surface area (Å²) in [4.78, 5) is 3.68. The van der Waals surface area contributed by atoms with E-state index in [2.05, 4.69) is 9.72 Å². The predicted octanol–water partition coefficient (Wildman–Crippen LogP) is 1.45. The maximum Gasteiger partial charge on any atom is 0.573 e. The first-order valence-electron chi connectivity index (χ1n) is 3.95. The van der Waals surface area contributed by atoms with Crippen LogP contribution >= 0.6 is 0 Å². The van der Waals surface area contributed by atoms with E-state index < -0.39 is 12.1 Å². The number of methoxy groups -OCH3 is 1. The fourth-order valence-corrected chi connectivity index (χ4v) is 0.933. The monoisotopic (exact) mass is 222 g/mol. The van der Waals surface area contributed by atoms with E-state index in [1.807, 2.05) is 0 Å². The Morgan fingerprint density at radius 2 is 2.13 bits per heavy atom. The van der Waals surface area contributed by atoms with Crippen molar-refractivity contribution in [3.8, 4) is 11.5 Å². The minimum absolute atomic E-state index is 0.0214. The van der Waals surface area contributed by atoms with Gasteiger partial charge < -0.3 is 15.2 Å². The zero-order chi connectivity index (χ0) is 11.5. The quantitative estimate of drug-likeness (QED) is 0.840. The molecule has 0 aliphatic carbocycles. The molecule has 0 aliphatic rings. The highest BCUT2D eigenvalue weighted by Gasteiger charge is 2.32. The molecule has 0 amide bonds. The molecule has 0 spiro atoms. The number of rotatable bonds is 3. The first kappa shape index (κ1) is 11.6. The van der Waals surface area contributed by atoms with Gasteiger partial charge in [-0.25, -0.2) is 0 Å². The van der Waals surface area contributed by atoms with E-state index in [4.69, 9.17) is 10.5 Å². The molecule has 1 heterocycles. The Kier molecular flexibility index (Phi) is 3.35. The lowest BCUT2D eigenvalue weighted by Crippen LogP contribution is -2.19. The molecule has 1 rings (SSSR count). The van der Waals surface area contributed by atoms with E-state index in [-0.39, 0.29) is 18.0 Å². The van der Waals surface area contributed by atoms with Gasteiger partial charge in [0.1, 0.15) is 5.75 Å². The van der Waals surface area contributed by atoms with Gasteiger partial charge in [0.2, 0.25) is 0 Å². The number of pyridine rings is 1. The Morgan fingerprint density at radius 3 is 2.60 bits per heavy atom. The smallest absolute Gasteiger partial charge is 0.495 e. The summed E-state index contributed by atoms with van der Waals surface area (Å²) in [6, 6.07) is 1.09. The molecule has 84 valence electrons. The second kappa shape index (κ2) is 4.35. The van der Waals surface area contributed by atoms with E-state index in [1.165, 1.54) is 13.3 Å². The normalized spacial score (nSPS) is 11.3. The van der Waals surface area contributed by atoms with Crippen molar-refractivity contribution in [3.63, 3.8) is 0 Å². The van der Waals surface area contributed by atoms with Crippen LogP contribution in [0.4, 0.5) is 13.2 Å². The van der Waals surface area contributed by atoms with Crippen molar-refractivity contribution in [1.29, 1.82) is 0 Å². The molecule has 0 fully saturated rings. The van der Waals surface area contributed by atoms with E-state index in [1.54, 1.807) is 0 Å². The van der Waals surface area contributed by atoms with Crippen molar-refractivity contribution >= 4 is 0 Å². The fourth-order valence-electron chi connectivity index (χ4n) is 0.933. The zero-order valence-corrected chi connectivity index (χ0v) is 7.84. The van der Waals surface area contributed by atoms with Crippen molar-refractivity contribution in [1.82, 2.24) is 4.98 Å². The van der Waals surface area contributed by atoms with E-state index in [9.17, 15) is 13.2 Å². The van der Waals surface area contributed by atoms with Gasteiger partial charge in [0, 0.05) is 12.6 Å². The number of halogens is 3. The lowest BCUT2D eigenvalue weighted by molar-refractivity contribution is -0.275. The average Bonchev–Trinajstić information content (AvgIpc) is 2.15. The maximum absolute atomic E-state index is 12.0. The predicted molar refractivity (Wildman–Crippen MR) is 45.4 cm³/mol. The third-order valence-electron chi connectivity index (χ3n) is 1.56. The lowest BCUT2D eigenvalue weighted by Gasteiger charge is -2.12. The molecule has 1 aromatic heterocycles. The van der Waals surface area contributed by atoms with Crippen molar-refractivity contribution in [3.05, 3.63) is 18.0 Å². The van der Waals surface area contributed by atoms with Gasteiger partial charge in [-0.1, -0.05) is 0 Å². The van der Waals surface area contributed by atoms with Gasteiger partial charge in [0.25, 0.3) is 0 Å². The van der Waals surface area contributed by atoms with Crippen LogP contribution in [0.25, 0.3) is 0 Å². The SMILES string of the molecule is COc1cnc(CN)c(OC(F)(F)F)c1. The number of alkyl halides is 3. The summed E-state index contributed by atoms with van der Waals surface area (Å²) in [5, 5.41) is 0. The molecule has 0 saturated carbocycles. The van der Waals surface area contributed by atoms with Crippen LogP contribution in [0.1, 0.15) is 5.69 Å². The van der Waals surface area contributed by atoms with Crippen molar-refractivity contribution in [2.75, 3.05) is 7.11 Å². The second-order valence-electron chi connectivity index (χ2n) is 2.57. The summed E-state index contributed by atoms with van der Waals surface area (Å²) >= 11 is 0. The number of hydrogen-bond acceptors (Lipinski definition) is 4. The minimum atomic E-state index is -4.77. The summed E-state index contributed by atoms with van der Waals surface area (Å²) in [6.07, 6.45) is -3.50. The van der Waals surface area contributed by atoms with Crippen LogP contribution in [0.2, 0.25) is 0 Å². The topological polar surface area (TPSA) is 57.4 Å². The Morgan fingerprint density at radius 1 is 1.47 bits per heavy atom. The van der Waals surface area contributed by atoms with Crippen LogP contribution < -0.4 is 15.2 Å². The first-order chi connectivity index (χ1) is 6.96. The van der Waals surface area contributed by atoms with Crippen LogP contribution in [-0.2, 0) is 6.54 Å². The molecule has 0 unspecified atom stereocenters. The van der Waals surface area contributed by atoms with Crippen LogP contribution in [0.5, 0.6) is 11.5 Å². The largest absolute Gasteiger partial charge is 0.573 e. The maximum atomic E-state index is 12.0. The Bertz CT molecular complexity index is 341. The summed E-state index contributed by atoms with van der Waals surface area (Å²) in [5.74, 6) is -0.268. The number of ether oxygens (including phenoxy) is 2. The van der Waals surface area contributed by atoms with Gasteiger partial charge >= 0.3 is 6.36 Å². The second-order valence-corrected chi connectivity index (χ2v) is 2.57. The standard InChI is InChI=1S/C8H9F3N2O2/c1-14-5-2-7(15-8(9,10)11)6(3-12)13-4-5/h2,4H,3,12H2,1H3. The Labute approximate surface area is 83.8 Å².